The lowest BCUT2D eigenvalue weighted by Crippen LogP contribution is -2.13. The number of carboxylic acid groups (broad SMARTS) is 1. The molecule has 0 spiro atoms. The smallest absolute Gasteiger partial charge is 0.307 e. The Balaban J connectivity index is 1.70. The van der Waals surface area contributed by atoms with Crippen molar-refractivity contribution in [1.29, 1.82) is 0 Å². The minimum Gasteiger partial charge on any atom is -0.493 e. The van der Waals surface area contributed by atoms with E-state index < -0.39 is 5.97 Å². The van der Waals surface area contributed by atoms with Crippen LogP contribution in [0.4, 0.5) is 0 Å². The summed E-state index contributed by atoms with van der Waals surface area (Å²) in [7, 11) is 0. The number of hydrogen-bond donors (Lipinski definition) is 1. The van der Waals surface area contributed by atoms with Gasteiger partial charge in [0, 0.05) is 16.6 Å². The molecule has 0 saturated heterocycles. The van der Waals surface area contributed by atoms with Gasteiger partial charge in [-0.25, -0.2) is 0 Å². The van der Waals surface area contributed by atoms with Gasteiger partial charge in [0.2, 0.25) is 0 Å². The van der Waals surface area contributed by atoms with Gasteiger partial charge < -0.3 is 9.84 Å². The molecule has 1 N–H and O–H groups in total. The highest BCUT2D eigenvalue weighted by molar-refractivity contribution is 6.04. The van der Waals surface area contributed by atoms with Crippen molar-refractivity contribution in [3.8, 4) is 5.75 Å². The molecule has 0 aliphatic heterocycles. The molecular formula is C26H29NO4. The van der Waals surface area contributed by atoms with Crippen molar-refractivity contribution in [3.63, 3.8) is 0 Å². The predicted octanol–water partition coefficient (Wildman–Crippen LogP) is 5.78. The molecule has 3 aromatic rings. The lowest BCUT2D eigenvalue weighted by Gasteiger charge is -2.09. The van der Waals surface area contributed by atoms with Crippen molar-refractivity contribution in [2.24, 2.45) is 0 Å². The fraction of sp³-hybridized carbons (Fsp3) is 0.308. The summed E-state index contributed by atoms with van der Waals surface area (Å²) in [6, 6.07) is 14.4. The molecule has 0 bridgehead atoms. The van der Waals surface area contributed by atoms with Gasteiger partial charge >= 0.3 is 5.97 Å². The standard InChI is InChI=1S/C26H29NO4/c1-3-4-5-6-7-8-16-31-22-14-12-20(13-15-22)26(30)27-19(2)17-23-21(18-25(28)29)10-9-11-24(23)27/h6-7,9-15,17H,3-5,8,16,18H2,1-2H3,(H,28,29)/b7-6-. The Kier molecular flexibility index (Phi) is 7.65. The zero-order valence-electron chi connectivity index (χ0n) is 18.1. The molecular weight excluding hydrogens is 390 g/mol. The first-order chi connectivity index (χ1) is 15.0. The van der Waals surface area contributed by atoms with Crippen LogP contribution in [0.2, 0.25) is 0 Å². The average Bonchev–Trinajstić information content (AvgIpc) is 3.09. The van der Waals surface area contributed by atoms with Gasteiger partial charge in [-0.05, 0) is 61.7 Å². The lowest BCUT2D eigenvalue weighted by atomic mass is 10.1. The Morgan fingerprint density at radius 1 is 1.06 bits per heavy atom. The van der Waals surface area contributed by atoms with E-state index in [9.17, 15) is 9.59 Å². The number of nitrogens with zero attached hydrogens (tertiary/aromatic N) is 1. The molecule has 2 aromatic carbocycles. The maximum atomic E-state index is 13.2. The summed E-state index contributed by atoms with van der Waals surface area (Å²) >= 11 is 0. The van der Waals surface area contributed by atoms with E-state index in [2.05, 4.69) is 19.1 Å². The number of carboxylic acids is 1. The van der Waals surface area contributed by atoms with Crippen LogP contribution in [0.5, 0.6) is 5.75 Å². The van der Waals surface area contributed by atoms with E-state index in [1.54, 1.807) is 28.8 Å². The Morgan fingerprint density at radius 3 is 2.52 bits per heavy atom. The summed E-state index contributed by atoms with van der Waals surface area (Å²) in [5, 5.41) is 9.95. The highest BCUT2D eigenvalue weighted by Gasteiger charge is 2.17. The number of aryl methyl sites for hydroxylation is 1. The van der Waals surface area contributed by atoms with Crippen LogP contribution in [-0.2, 0) is 11.2 Å². The van der Waals surface area contributed by atoms with Gasteiger partial charge in [0.1, 0.15) is 5.75 Å². The van der Waals surface area contributed by atoms with Crippen LogP contribution in [0.15, 0.2) is 60.7 Å². The van der Waals surface area contributed by atoms with E-state index in [4.69, 9.17) is 9.84 Å². The summed E-state index contributed by atoms with van der Waals surface area (Å²) in [4.78, 5) is 24.3. The van der Waals surface area contributed by atoms with E-state index in [1.807, 2.05) is 31.2 Å². The highest BCUT2D eigenvalue weighted by Crippen LogP contribution is 2.25. The van der Waals surface area contributed by atoms with E-state index in [0.717, 1.165) is 35.2 Å². The summed E-state index contributed by atoms with van der Waals surface area (Å²) in [6.45, 7) is 4.64. The fourth-order valence-corrected chi connectivity index (χ4v) is 3.64. The summed E-state index contributed by atoms with van der Waals surface area (Å²) in [5.74, 6) is -0.307. The predicted molar refractivity (Wildman–Crippen MR) is 123 cm³/mol. The molecule has 0 aliphatic rings. The first kappa shape index (κ1) is 22.3. The zero-order chi connectivity index (χ0) is 22.2. The zero-order valence-corrected chi connectivity index (χ0v) is 18.1. The molecule has 0 radical (unpaired) electrons. The largest absolute Gasteiger partial charge is 0.493 e. The van der Waals surface area contributed by atoms with E-state index >= 15 is 0 Å². The quantitative estimate of drug-likeness (QED) is 0.334. The number of carbonyl (C=O) groups is 2. The average molecular weight is 420 g/mol. The van der Waals surface area contributed by atoms with Gasteiger partial charge in [-0.1, -0.05) is 44.1 Å². The topological polar surface area (TPSA) is 68.5 Å². The minimum atomic E-state index is -0.892. The Morgan fingerprint density at radius 2 is 1.81 bits per heavy atom. The molecule has 0 fully saturated rings. The maximum Gasteiger partial charge on any atom is 0.307 e. The van der Waals surface area contributed by atoms with E-state index in [0.29, 0.717) is 17.7 Å². The number of rotatable bonds is 10. The number of hydrogen-bond acceptors (Lipinski definition) is 3. The van der Waals surface area contributed by atoms with Crippen molar-refractivity contribution in [2.45, 2.75) is 46.0 Å². The minimum absolute atomic E-state index is 0.0746. The molecule has 0 amide bonds. The third-order valence-electron chi connectivity index (χ3n) is 5.21. The number of benzene rings is 2. The van der Waals surface area contributed by atoms with E-state index in [1.165, 1.54) is 12.8 Å². The summed E-state index contributed by atoms with van der Waals surface area (Å²) in [6.07, 6.45) is 8.65. The molecule has 5 nitrogen and oxygen atoms in total. The normalized spacial score (nSPS) is 11.3. The van der Waals surface area contributed by atoms with Crippen LogP contribution in [0.3, 0.4) is 0 Å². The van der Waals surface area contributed by atoms with Crippen molar-refractivity contribution >= 4 is 22.8 Å². The van der Waals surface area contributed by atoms with Crippen molar-refractivity contribution in [2.75, 3.05) is 6.61 Å². The first-order valence-electron chi connectivity index (χ1n) is 10.8. The van der Waals surface area contributed by atoms with Crippen LogP contribution >= 0.6 is 0 Å². The molecule has 0 unspecified atom stereocenters. The third kappa shape index (κ3) is 5.63. The number of carbonyl (C=O) groups excluding carboxylic acids is 1. The van der Waals surface area contributed by atoms with Crippen LogP contribution in [0.25, 0.3) is 10.9 Å². The number of aliphatic carboxylic acids is 1. The SMILES string of the molecule is CCCC/C=C\CCOc1ccc(C(=O)n2c(C)cc3c(CC(=O)O)cccc32)cc1. The Bertz CT molecular complexity index is 1080. The van der Waals surface area contributed by atoms with Crippen molar-refractivity contribution < 1.29 is 19.4 Å². The van der Waals surface area contributed by atoms with Crippen LogP contribution in [0, 0.1) is 6.92 Å². The second kappa shape index (κ2) is 10.6. The van der Waals surface area contributed by atoms with Gasteiger partial charge in [0.15, 0.2) is 0 Å². The second-order valence-corrected chi connectivity index (χ2v) is 7.62. The molecule has 3 rings (SSSR count). The number of aromatic nitrogens is 1. The van der Waals surface area contributed by atoms with Gasteiger partial charge in [-0.3, -0.25) is 14.2 Å². The summed E-state index contributed by atoms with van der Waals surface area (Å²) < 4.78 is 7.40. The molecule has 5 heteroatoms. The van der Waals surface area contributed by atoms with Crippen molar-refractivity contribution in [1.82, 2.24) is 4.57 Å². The van der Waals surface area contributed by atoms with E-state index in [-0.39, 0.29) is 12.3 Å². The third-order valence-corrected chi connectivity index (χ3v) is 5.21. The van der Waals surface area contributed by atoms with Crippen molar-refractivity contribution in [3.05, 3.63) is 77.5 Å². The van der Waals surface area contributed by atoms with Gasteiger partial charge in [0.25, 0.3) is 5.91 Å². The number of fused-ring (bicyclic) bond motifs is 1. The molecule has 31 heavy (non-hydrogen) atoms. The van der Waals surface area contributed by atoms with Gasteiger partial charge in [-0.15, -0.1) is 0 Å². The van der Waals surface area contributed by atoms with Crippen LogP contribution in [0.1, 0.15) is 54.2 Å². The highest BCUT2D eigenvalue weighted by atomic mass is 16.5. The molecule has 1 aromatic heterocycles. The summed E-state index contributed by atoms with van der Waals surface area (Å²) in [5.41, 5.74) is 2.74. The lowest BCUT2D eigenvalue weighted by molar-refractivity contribution is -0.136. The van der Waals surface area contributed by atoms with Gasteiger partial charge in [0.05, 0.1) is 18.5 Å². The number of allylic oxidation sites excluding steroid dienone is 1. The van der Waals surface area contributed by atoms with Gasteiger partial charge in [-0.2, -0.15) is 0 Å². The second-order valence-electron chi connectivity index (χ2n) is 7.62. The molecule has 162 valence electrons. The first-order valence-corrected chi connectivity index (χ1v) is 10.8. The maximum absolute atomic E-state index is 13.2. The molecule has 0 atom stereocenters. The molecule has 0 aliphatic carbocycles. The fourth-order valence-electron chi connectivity index (χ4n) is 3.64. The monoisotopic (exact) mass is 419 g/mol. The molecule has 0 saturated carbocycles. The number of unbranched alkanes of at least 4 members (excludes halogenated alkanes) is 2. The van der Waals surface area contributed by atoms with Crippen LogP contribution in [-0.4, -0.2) is 28.2 Å². The Hall–Kier alpha value is -3.34. The molecule has 1 heterocycles. The number of ether oxygens (including phenoxy) is 1. The van der Waals surface area contributed by atoms with Crippen LogP contribution < -0.4 is 4.74 Å². The Labute approximate surface area is 183 Å².